The Balaban J connectivity index is 1.33. The molecule has 1 aliphatic heterocycles. The first-order chi connectivity index (χ1) is 20.4. The molecule has 1 saturated heterocycles. The largest absolute Gasteiger partial charge is 0.490 e. The van der Waals surface area contributed by atoms with E-state index in [-0.39, 0.29) is 12.2 Å². The van der Waals surface area contributed by atoms with Crippen LogP contribution in [0.25, 0.3) is 6.08 Å². The molecule has 42 heavy (non-hydrogen) atoms. The van der Waals surface area contributed by atoms with Crippen LogP contribution < -0.4 is 24.4 Å². The van der Waals surface area contributed by atoms with Crippen LogP contribution in [0.2, 0.25) is 5.02 Å². The smallest absolute Gasteiger partial charge is 0.335 e. The Labute approximate surface area is 248 Å². The minimum Gasteiger partial charge on any atom is -0.490 e. The molecule has 212 valence electrons. The number of amides is 4. The zero-order valence-corrected chi connectivity index (χ0v) is 23.5. The number of imide groups is 2. The highest BCUT2D eigenvalue weighted by atomic mass is 35.5. The predicted octanol–water partition coefficient (Wildman–Crippen LogP) is 6.56. The molecule has 1 aliphatic rings. The first-order valence-corrected chi connectivity index (χ1v) is 13.6. The van der Waals surface area contributed by atoms with Crippen molar-refractivity contribution < 1.29 is 28.6 Å². The summed E-state index contributed by atoms with van der Waals surface area (Å²) >= 11 is 6.07. The van der Waals surface area contributed by atoms with Crippen molar-refractivity contribution in [3.05, 3.63) is 124 Å². The summed E-state index contributed by atoms with van der Waals surface area (Å²) < 4.78 is 17.5. The van der Waals surface area contributed by atoms with Crippen molar-refractivity contribution in [3.63, 3.8) is 0 Å². The van der Waals surface area contributed by atoms with Crippen LogP contribution in [0.4, 0.5) is 10.5 Å². The van der Waals surface area contributed by atoms with E-state index in [1.165, 1.54) is 6.08 Å². The summed E-state index contributed by atoms with van der Waals surface area (Å²) in [6.45, 7) is 2.86. The van der Waals surface area contributed by atoms with Crippen molar-refractivity contribution in [2.75, 3.05) is 11.5 Å². The van der Waals surface area contributed by atoms with Crippen molar-refractivity contribution >= 4 is 41.2 Å². The van der Waals surface area contributed by atoms with Gasteiger partial charge in [0.1, 0.15) is 24.5 Å². The highest BCUT2D eigenvalue weighted by Gasteiger charge is 2.36. The molecule has 4 aromatic rings. The monoisotopic (exact) mass is 582 g/mol. The van der Waals surface area contributed by atoms with E-state index in [2.05, 4.69) is 5.32 Å². The lowest BCUT2D eigenvalue weighted by Crippen LogP contribution is -2.54. The molecule has 0 bridgehead atoms. The zero-order valence-electron chi connectivity index (χ0n) is 22.7. The van der Waals surface area contributed by atoms with Gasteiger partial charge in [-0.2, -0.15) is 0 Å². The van der Waals surface area contributed by atoms with Crippen LogP contribution in [0.1, 0.15) is 23.6 Å². The third kappa shape index (κ3) is 6.79. The van der Waals surface area contributed by atoms with Crippen molar-refractivity contribution in [2.24, 2.45) is 0 Å². The van der Waals surface area contributed by atoms with Crippen LogP contribution in [0.3, 0.4) is 0 Å². The Hall–Kier alpha value is -5.08. The normalized spacial score (nSPS) is 14.1. The van der Waals surface area contributed by atoms with Gasteiger partial charge in [-0.15, -0.1) is 0 Å². The van der Waals surface area contributed by atoms with Crippen molar-refractivity contribution in [1.29, 1.82) is 0 Å². The van der Waals surface area contributed by atoms with E-state index in [1.54, 1.807) is 48.5 Å². The minimum absolute atomic E-state index is 0.200. The third-order valence-electron chi connectivity index (χ3n) is 6.31. The van der Waals surface area contributed by atoms with E-state index < -0.39 is 17.8 Å². The second-order valence-electron chi connectivity index (χ2n) is 9.28. The van der Waals surface area contributed by atoms with Crippen LogP contribution >= 0.6 is 11.6 Å². The number of benzene rings is 4. The van der Waals surface area contributed by atoms with Crippen LogP contribution in [0, 0.1) is 0 Å². The number of hydrogen-bond donors (Lipinski definition) is 1. The van der Waals surface area contributed by atoms with E-state index in [4.69, 9.17) is 25.8 Å². The number of anilines is 1. The Morgan fingerprint density at radius 2 is 1.50 bits per heavy atom. The lowest BCUT2D eigenvalue weighted by Gasteiger charge is -2.26. The maximum absolute atomic E-state index is 13.4. The number of hydrogen-bond acceptors (Lipinski definition) is 6. The molecule has 4 aromatic carbocycles. The predicted molar refractivity (Wildman–Crippen MR) is 160 cm³/mol. The van der Waals surface area contributed by atoms with Crippen molar-refractivity contribution in [1.82, 2.24) is 5.32 Å². The molecular formula is C33H27ClN2O6. The Morgan fingerprint density at radius 1 is 0.762 bits per heavy atom. The SMILES string of the molecule is CCOc1cc(/C=C2\C(=O)NC(=O)N(c3ccc(OCc4ccccc4)cc3)C2=O)ccc1OCc1cccc(Cl)c1. The first-order valence-electron chi connectivity index (χ1n) is 13.2. The van der Waals surface area contributed by atoms with E-state index in [0.29, 0.717) is 46.7 Å². The van der Waals surface area contributed by atoms with Gasteiger partial charge in [-0.1, -0.05) is 60.1 Å². The molecule has 0 spiro atoms. The number of urea groups is 1. The van der Waals surface area contributed by atoms with Gasteiger partial charge in [0.2, 0.25) is 0 Å². The first kappa shape index (κ1) is 28.4. The fourth-order valence-electron chi connectivity index (χ4n) is 4.28. The average molecular weight is 583 g/mol. The van der Waals surface area contributed by atoms with Gasteiger partial charge in [-0.25, -0.2) is 9.69 Å². The summed E-state index contributed by atoms with van der Waals surface area (Å²) in [4.78, 5) is 39.7. The molecule has 8 nitrogen and oxygen atoms in total. The number of barbiturate groups is 1. The standard InChI is InChI=1S/C33H27ClN2O6/c1-2-40-30-19-23(11-16-29(30)42-21-24-9-6-10-25(34)17-24)18-28-31(37)35-33(39)36(32(28)38)26-12-14-27(15-13-26)41-20-22-7-4-3-5-8-22/h3-19H,2,20-21H2,1H3,(H,35,37,39)/b28-18+. The number of carbonyl (C=O) groups excluding carboxylic acids is 3. The van der Waals surface area contributed by atoms with Gasteiger partial charge in [0, 0.05) is 5.02 Å². The number of ether oxygens (including phenoxy) is 3. The van der Waals surface area contributed by atoms with Crippen LogP contribution in [-0.2, 0) is 22.8 Å². The van der Waals surface area contributed by atoms with Gasteiger partial charge >= 0.3 is 6.03 Å². The topological polar surface area (TPSA) is 94.2 Å². The molecule has 0 atom stereocenters. The third-order valence-corrected chi connectivity index (χ3v) is 6.54. The molecular weight excluding hydrogens is 556 g/mol. The average Bonchev–Trinajstić information content (AvgIpc) is 2.99. The molecule has 0 radical (unpaired) electrons. The number of halogens is 1. The zero-order chi connectivity index (χ0) is 29.5. The molecule has 0 saturated carbocycles. The van der Waals surface area contributed by atoms with E-state index >= 15 is 0 Å². The Bertz CT molecular complexity index is 1640. The molecule has 5 rings (SSSR count). The van der Waals surface area contributed by atoms with E-state index in [1.807, 2.05) is 55.5 Å². The lowest BCUT2D eigenvalue weighted by molar-refractivity contribution is -0.122. The van der Waals surface area contributed by atoms with E-state index in [0.717, 1.165) is 16.0 Å². The lowest BCUT2D eigenvalue weighted by atomic mass is 10.1. The summed E-state index contributed by atoms with van der Waals surface area (Å²) in [7, 11) is 0. The molecule has 0 aromatic heterocycles. The fraction of sp³-hybridized carbons (Fsp3) is 0.121. The molecule has 9 heteroatoms. The second-order valence-corrected chi connectivity index (χ2v) is 9.72. The second kappa shape index (κ2) is 13.1. The van der Waals surface area contributed by atoms with Crippen molar-refractivity contribution in [2.45, 2.75) is 20.1 Å². The highest BCUT2D eigenvalue weighted by molar-refractivity contribution is 6.39. The number of nitrogens with one attached hydrogen (secondary N) is 1. The van der Waals surface area contributed by atoms with Gasteiger partial charge in [0.25, 0.3) is 11.8 Å². The molecule has 0 unspecified atom stereocenters. The van der Waals surface area contributed by atoms with Gasteiger partial charge in [0.05, 0.1) is 12.3 Å². The quantitative estimate of drug-likeness (QED) is 0.168. The number of rotatable bonds is 10. The maximum Gasteiger partial charge on any atom is 0.335 e. The van der Waals surface area contributed by atoms with Crippen LogP contribution in [0.5, 0.6) is 17.2 Å². The Morgan fingerprint density at radius 3 is 2.24 bits per heavy atom. The van der Waals surface area contributed by atoms with E-state index in [9.17, 15) is 14.4 Å². The highest BCUT2D eigenvalue weighted by Crippen LogP contribution is 2.31. The minimum atomic E-state index is -0.833. The summed E-state index contributed by atoms with van der Waals surface area (Å²) in [5.74, 6) is -0.0361. The summed E-state index contributed by atoms with van der Waals surface area (Å²) in [5.41, 5.74) is 2.51. The molecule has 1 heterocycles. The molecule has 1 fully saturated rings. The summed E-state index contributed by atoms with van der Waals surface area (Å²) in [5, 5.41) is 2.85. The fourth-order valence-corrected chi connectivity index (χ4v) is 4.49. The molecule has 0 aliphatic carbocycles. The van der Waals surface area contributed by atoms with Crippen LogP contribution in [0.15, 0.2) is 103 Å². The summed E-state index contributed by atoms with van der Waals surface area (Å²) in [6.07, 6.45) is 1.41. The van der Waals surface area contributed by atoms with Gasteiger partial charge in [-0.3, -0.25) is 14.9 Å². The van der Waals surface area contributed by atoms with Gasteiger partial charge in [0.15, 0.2) is 11.5 Å². The summed E-state index contributed by atoms with van der Waals surface area (Å²) in [6, 6.07) is 27.8. The number of carbonyl (C=O) groups is 3. The number of nitrogens with zero attached hydrogens (tertiary/aromatic N) is 1. The van der Waals surface area contributed by atoms with Crippen LogP contribution in [-0.4, -0.2) is 24.5 Å². The molecule has 4 amide bonds. The Kier molecular flexibility index (Phi) is 8.84. The maximum atomic E-state index is 13.4. The van der Waals surface area contributed by atoms with Gasteiger partial charge in [-0.05, 0) is 78.2 Å². The van der Waals surface area contributed by atoms with Gasteiger partial charge < -0.3 is 14.2 Å². The van der Waals surface area contributed by atoms with Crippen molar-refractivity contribution in [3.8, 4) is 17.2 Å². The molecule has 1 N–H and O–H groups in total.